The van der Waals surface area contributed by atoms with Crippen LogP contribution in [0, 0.1) is 0 Å². The van der Waals surface area contributed by atoms with Crippen molar-refractivity contribution in [2.75, 3.05) is 12.8 Å². The van der Waals surface area contributed by atoms with Gasteiger partial charge in [-0.1, -0.05) is 41.9 Å². The molecule has 3 rings (SSSR count). The number of nitrogens with one attached hydrogen (secondary N) is 1. The maximum atomic E-state index is 12.5. The minimum atomic E-state index is -3.39. The van der Waals surface area contributed by atoms with Crippen molar-refractivity contribution in [3.8, 4) is 0 Å². The third-order valence-electron chi connectivity index (χ3n) is 4.44. The van der Waals surface area contributed by atoms with Crippen LogP contribution in [-0.2, 0) is 15.3 Å². The van der Waals surface area contributed by atoms with Crippen LogP contribution in [0.3, 0.4) is 0 Å². The van der Waals surface area contributed by atoms with Gasteiger partial charge >= 0.3 is 0 Å². The monoisotopic (exact) mass is 363 g/mol. The minimum Gasteiger partial charge on any atom is -0.351 e. The van der Waals surface area contributed by atoms with E-state index < -0.39 is 9.84 Å². The summed E-state index contributed by atoms with van der Waals surface area (Å²) >= 11 is 6.07. The molecular weight excluding hydrogens is 346 g/mol. The molecule has 6 heteroatoms. The molecule has 0 aliphatic heterocycles. The number of carbonyl (C=O) groups is 1. The van der Waals surface area contributed by atoms with E-state index in [1.807, 2.05) is 18.2 Å². The molecule has 1 saturated carbocycles. The van der Waals surface area contributed by atoms with Gasteiger partial charge in [0.15, 0.2) is 9.84 Å². The van der Waals surface area contributed by atoms with Crippen molar-refractivity contribution in [2.24, 2.45) is 0 Å². The average molecular weight is 364 g/mol. The lowest BCUT2D eigenvalue weighted by Gasteiger charge is -2.17. The number of halogens is 1. The van der Waals surface area contributed by atoms with Crippen LogP contribution in [0.1, 0.15) is 28.8 Å². The van der Waals surface area contributed by atoms with Gasteiger partial charge in [0.2, 0.25) is 0 Å². The zero-order chi connectivity index (χ0) is 17.4. The van der Waals surface area contributed by atoms with Crippen molar-refractivity contribution in [1.82, 2.24) is 5.32 Å². The van der Waals surface area contributed by atoms with Gasteiger partial charge in [0, 0.05) is 18.2 Å². The molecular formula is C18H18ClNO3S. The van der Waals surface area contributed by atoms with E-state index in [0.29, 0.717) is 6.54 Å². The van der Waals surface area contributed by atoms with Crippen LogP contribution in [0.2, 0.25) is 5.02 Å². The third kappa shape index (κ3) is 3.47. The Morgan fingerprint density at radius 1 is 1.17 bits per heavy atom. The van der Waals surface area contributed by atoms with Crippen molar-refractivity contribution >= 4 is 27.3 Å². The van der Waals surface area contributed by atoms with E-state index in [1.54, 1.807) is 0 Å². The van der Waals surface area contributed by atoms with E-state index in [9.17, 15) is 13.2 Å². The van der Waals surface area contributed by atoms with Gasteiger partial charge in [-0.05, 0) is 36.6 Å². The lowest BCUT2D eigenvalue weighted by atomic mass is 9.96. The summed E-state index contributed by atoms with van der Waals surface area (Å²) in [5, 5.41) is 3.14. The largest absolute Gasteiger partial charge is 0.351 e. The van der Waals surface area contributed by atoms with Crippen molar-refractivity contribution < 1.29 is 13.2 Å². The quantitative estimate of drug-likeness (QED) is 0.887. The summed E-state index contributed by atoms with van der Waals surface area (Å²) in [7, 11) is -3.39. The van der Waals surface area contributed by atoms with E-state index in [1.165, 1.54) is 23.8 Å². The molecule has 1 fully saturated rings. The van der Waals surface area contributed by atoms with Gasteiger partial charge in [0.25, 0.3) is 5.91 Å². The Morgan fingerprint density at radius 2 is 1.83 bits per heavy atom. The highest BCUT2D eigenvalue weighted by atomic mass is 35.5. The number of carbonyl (C=O) groups excluding carboxylic acids is 1. The van der Waals surface area contributed by atoms with Crippen LogP contribution in [0.25, 0.3) is 0 Å². The molecule has 126 valence electrons. The van der Waals surface area contributed by atoms with Crippen LogP contribution < -0.4 is 5.32 Å². The van der Waals surface area contributed by atoms with E-state index in [0.717, 1.165) is 19.1 Å². The highest BCUT2D eigenvalue weighted by Crippen LogP contribution is 2.47. The van der Waals surface area contributed by atoms with Crippen LogP contribution in [0.15, 0.2) is 53.4 Å². The number of hydrogen-bond donors (Lipinski definition) is 1. The Kier molecular flexibility index (Phi) is 4.40. The predicted molar refractivity (Wildman–Crippen MR) is 94.2 cm³/mol. The van der Waals surface area contributed by atoms with Gasteiger partial charge in [0.1, 0.15) is 0 Å². The van der Waals surface area contributed by atoms with Gasteiger partial charge in [-0.2, -0.15) is 0 Å². The Bertz CT molecular complexity index is 874. The Hall–Kier alpha value is -1.85. The SMILES string of the molecule is CS(=O)(=O)c1ccc(Cl)c(C(=O)NCC2(c3ccccc3)CC2)c1. The second-order valence-corrected chi connectivity index (χ2v) is 8.67. The van der Waals surface area contributed by atoms with Gasteiger partial charge in [-0.3, -0.25) is 4.79 Å². The Labute approximate surface area is 146 Å². The molecule has 1 aliphatic carbocycles. The van der Waals surface area contributed by atoms with Crippen LogP contribution in [0.4, 0.5) is 0 Å². The van der Waals surface area contributed by atoms with Crippen molar-refractivity contribution in [3.05, 3.63) is 64.7 Å². The lowest BCUT2D eigenvalue weighted by Crippen LogP contribution is -2.32. The summed E-state index contributed by atoms with van der Waals surface area (Å²) in [6.45, 7) is 0.509. The van der Waals surface area contributed by atoms with E-state index in [4.69, 9.17) is 11.6 Å². The fraction of sp³-hybridized carbons (Fsp3) is 0.278. The van der Waals surface area contributed by atoms with Crippen LogP contribution in [-0.4, -0.2) is 27.1 Å². The smallest absolute Gasteiger partial charge is 0.252 e. The maximum Gasteiger partial charge on any atom is 0.252 e. The van der Waals surface area contributed by atoms with Gasteiger partial charge in [-0.25, -0.2) is 8.42 Å². The average Bonchev–Trinajstić information content (AvgIpc) is 3.34. The highest BCUT2D eigenvalue weighted by Gasteiger charge is 2.44. The molecule has 4 nitrogen and oxygen atoms in total. The number of hydrogen-bond acceptors (Lipinski definition) is 3. The molecule has 0 unspecified atom stereocenters. The molecule has 0 aromatic heterocycles. The summed E-state index contributed by atoms with van der Waals surface area (Å²) in [5.74, 6) is -0.354. The summed E-state index contributed by atoms with van der Waals surface area (Å²) in [5.41, 5.74) is 1.38. The molecule has 2 aromatic carbocycles. The number of rotatable bonds is 5. The zero-order valence-corrected chi connectivity index (χ0v) is 14.8. The Morgan fingerprint density at radius 3 is 2.42 bits per heavy atom. The maximum absolute atomic E-state index is 12.5. The molecule has 2 aromatic rings. The second-order valence-electron chi connectivity index (χ2n) is 6.24. The van der Waals surface area contributed by atoms with Crippen molar-refractivity contribution in [1.29, 1.82) is 0 Å². The first kappa shape index (κ1) is 17.0. The first-order valence-electron chi connectivity index (χ1n) is 7.65. The van der Waals surface area contributed by atoms with Crippen molar-refractivity contribution in [2.45, 2.75) is 23.2 Å². The van der Waals surface area contributed by atoms with Gasteiger partial charge in [0.05, 0.1) is 15.5 Å². The first-order valence-corrected chi connectivity index (χ1v) is 9.92. The Balaban J connectivity index is 1.77. The summed E-state index contributed by atoms with van der Waals surface area (Å²) in [6.07, 6.45) is 3.15. The zero-order valence-electron chi connectivity index (χ0n) is 13.3. The van der Waals surface area contributed by atoms with Gasteiger partial charge in [-0.15, -0.1) is 0 Å². The molecule has 1 amide bonds. The highest BCUT2D eigenvalue weighted by molar-refractivity contribution is 7.90. The predicted octanol–water partition coefficient (Wildman–Crippen LogP) is 3.21. The molecule has 1 aliphatic rings. The fourth-order valence-corrected chi connectivity index (χ4v) is 3.61. The molecule has 0 heterocycles. The molecule has 0 atom stereocenters. The van der Waals surface area contributed by atoms with E-state index in [-0.39, 0.29) is 26.8 Å². The lowest BCUT2D eigenvalue weighted by molar-refractivity contribution is 0.0949. The standard InChI is InChI=1S/C18H18ClNO3S/c1-24(22,23)14-7-8-16(19)15(11-14)17(21)20-12-18(9-10-18)13-5-3-2-4-6-13/h2-8,11H,9-10,12H2,1H3,(H,20,21). The van der Waals surface area contributed by atoms with E-state index >= 15 is 0 Å². The molecule has 0 bridgehead atoms. The molecule has 0 radical (unpaired) electrons. The molecule has 0 saturated heterocycles. The third-order valence-corrected chi connectivity index (χ3v) is 5.88. The summed E-state index contributed by atoms with van der Waals surface area (Å²) < 4.78 is 23.3. The second kappa shape index (κ2) is 6.22. The molecule has 24 heavy (non-hydrogen) atoms. The molecule has 0 spiro atoms. The summed E-state index contributed by atoms with van der Waals surface area (Å²) in [6, 6.07) is 14.3. The van der Waals surface area contributed by atoms with Crippen molar-refractivity contribution in [3.63, 3.8) is 0 Å². The topological polar surface area (TPSA) is 63.2 Å². The number of amides is 1. The minimum absolute atomic E-state index is 0.0160. The first-order chi connectivity index (χ1) is 11.3. The van der Waals surface area contributed by atoms with Crippen LogP contribution in [0.5, 0.6) is 0 Å². The normalized spacial score (nSPS) is 15.8. The summed E-state index contributed by atoms with van der Waals surface area (Å²) in [4.78, 5) is 12.5. The molecule has 1 N–H and O–H groups in total. The van der Waals surface area contributed by atoms with Crippen LogP contribution >= 0.6 is 11.6 Å². The van der Waals surface area contributed by atoms with Gasteiger partial charge < -0.3 is 5.32 Å². The number of sulfone groups is 1. The fourth-order valence-electron chi connectivity index (χ4n) is 2.76. The van der Waals surface area contributed by atoms with E-state index in [2.05, 4.69) is 17.4 Å². The number of benzene rings is 2.